The number of thiocarbonyl (C=S) groups is 1. The standard InChI is InChI=1S/C10H11N5OS2/c1-5-7(18-4-12-5)10(16)14-9-6(8(11)17)3-13-15(9)2/h3-4H,1-2H3,(H2,11,17)(H,14,16). The zero-order chi connectivity index (χ0) is 13.3. The lowest BCUT2D eigenvalue weighted by Gasteiger charge is -2.06. The number of amides is 1. The number of hydrogen-bond donors (Lipinski definition) is 2. The first-order valence-electron chi connectivity index (χ1n) is 5.04. The number of carbonyl (C=O) groups excluding carboxylic acids is 1. The fourth-order valence-electron chi connectivity index (χ4n) is 1.45. The predicted molar refractivity (Wildman–Crippen MR) is 73.9 cm³/mol. The van der Waals surface area contributed by atoms with Gasteiger partial charge in [0.2, 0.25) is 0 Å². The normalized spacial score (nSPS) is 10.3. The lowest BCUT2D eigenvalue weighted by atomic mass is 10.3. The van der Waals surface area contributed by atoms with Crippen molar-refractivity contribution in [3.05, 3.63) is 27.8 Å². The first-order chi connectivity index (χ1) is 8.50. The number of nitrogens with one attached hydrogen (secondary N) is 1. The molecule has 0 unspecified atom stereocenters. The van der Waals surface area contributed by atoms with Crippen molar-refractivity contribution in [2.75, 3.05) is 5.32 Å². The Bertz CT molecular complexity index is 616. The molecule has 0 saturated carbocycles. The summed E-state index contributed by atoms with van der Waals surface area (Å²) in [5.41, 5.74) is 8.43. The Kier molecular flexibility index (Phi) is 3.39. The second-order valence-corrected chi connectivity index (χ2v) is 4.91. The van der Waals surface area contributed by atoms with Crippen LogP contribution in [-0.4, -0.2) is 25.7 Å². The van der Waals surface area contributed by atoms with Gasteiger partial charge in [0, 0.05) is 7.05 Å². The van der Waals surface area contributed by atoms with Gasteiger partial charge >= 0.3 is 0 Å². The van der Waals surface area contributed by atoms with Crippen LogP contribution in [0.3, 0.4) is 0 Å². The Morgan fingerprint density at radius 1 is 1.61 bits per heavy atom. The van der Waals surface area contributed by atoms with Crippen LogP contribution in [0.1, 0.15) is 20.9 Å². The van der Waals surface area contributed by atoms with Crippen LogP contribution in [0.2, 0.25) is 0 Å². The van der Waals surface area contributed by atoms with Crippen molar-refractivity contribution >= 4 is 40.3 Å². The molecular formula is C10H11N5OS2. The number of nitrogens with zero attached hydrogens (tertiary/aromatic N) is 3. The average molecular weight is 281 g/mol. The van der Waals surface area contributed by atoms with Gasteiger partial charge in [0.15, 0.2) is 0 Å². The molecule has 8 heteroatoms. The van der Waals surface area contributed by atoms with Crippen molar-refractivity contribution in [1.29, 1.82) is 0 Å². The molecule has 0 spiro atoms. The van der Waals surface area contributed by atoms with Crippen LogP contribution in [0.5, 0.6) is 0 Å². The van der Waals surface area contributed by atoms with Crippen molar-refractivity contribution in [2.45, 2.75) is 6.92 Å². The van der Waals surface area contributed by atoms with Gasteiger partial charge < -0.3 is 11.1 Å². The number of rotatable bonds is 3. The Balaban J connectivity index is 2.30. The van der Waals surface area contributed by atoms with Gasteiger partial charge in [-0.3, -0.25) is 9.48 Å². The highest BCUT2D eigenvalue weighted by Gasteiger charge is 2.17. The molecule has 0 saturated heterocycles. The van der Waals surface area contributed by atoms with E-state index in [9.17, 15) is 4.79 Å². The third-order valence-electron chi connectivity index (χ3n) is 2.39. The van der Waals surface area contributed by atoms with Crippen molar-refractivity contribution in [3.63, 3.8) is 0 Å². The Morgan fingerprint density at radius 3 is 2.89 bits per heavy atom. The molecule has 2 aromatic heterocycles. The molecule has 0 aliphatic rings. The number of thiazole rings is 1. The van der Waals surface area contributed by atoms with Crippen molar-refractivity contribution < 1.29 is 4.79 Å². The molecule has 0 fully saturated rings. The summed E-state index contributed by atoms with van der Waals surface area (Å²) >= 11 is 6.19. The number of nitrogens with two attached hydrogens (primary N) is 1. The van der Waals surface area contributed by atoms with Crippen LogP contribution >= 0.6 is 23.6 Å². The number of anilines is 1. The summed E-state index contributed by atoms with van der Waals surface area (Å²) in [6, 6.07) is 0. The topological polar surface area (TPSA) is 85.8 Å². The average Bonchev–Trinajstić information content (AvgIpc) is 2.86. The Labute approximate surface area is 113 Å². The lowest BCUT2D eigenvalue weighted by molar-refractivity contribution is 0.102. The third kappa shape index (κ3) is 2.24. The Morgan fingerprint density at radius 2 is 2.33 bits per heavy atom. The van der Waals surface area contributed by atoms with Crippen molar-refractivity contribution in [1.82, 2.24) is 14.8 Å². The zero-order valence-corrected chi connectivity index (χ0v) is 11.4. The van der Waals surface area contributed by atoms with Crippen molar-refractivity contribution in [2.24, 2.45) is 12.8 Å². The molecule has 6 nitrogen and oxygen atoms in total. The van der Waals surface area contributed by atoms with Gasteiger partial charge in [-0.2, -0.15) is 5.10 Å². The minimum absolute atomic E-state index is 0.194. The van der Waals surface area contributed by atoms with Gasteiger partial charge in [0.05, 0.1) is 23.0 Å². The van der Waals surface area contributed by atoms with E-state index in [1.807, 2.05) is 0 Å². The van der Waals surface area contributed by atoms with Crippen LogP contribution in [-0.2, 0) is 7.05 Å². The van der Waals surface area contributed by atoms with E-state index in [1.54, 1.807) is 19.5 Å². The number of aryl methyl sites for hydroxylation is 2. The second-order valence-electron chi connectivity index (χ2n) is 3.62. The first-order valence-corrected chi connectivity index (χ1v) is 6.32. The molecule has 94 valence electrons. The molecular weight excluding hydrogens is 270 g/mol. The van der Waals surface area contributed by atoms with E-state index in [2.05, 4.69) is 15.4 Å². The smallest absolute Gasteiger partial charge is 0.268 e. The van der Waals surface area contributed by atoms with E-state index >= 15 is 0 Å². The molecule has 18 heavy (non-hydrogen) atoms. The largest absolute Gasteiger partial charge is 0.389 e. The molecule has 0 bridgehead atoms. The van der Waals surface area contributed by atoms with Crippen LogP contribution in [0, 0.1) is 6.92 Å². The molecule has 0 aliphatic heterocycles. The molecule has 2 rings (SSSR count). The summed E-state index contributed by atoms with van der Waals surface area (Å²) < 4.78 is 1.52. The van der Waals surface area contributed by atoms with Gasteiger partial charge in [0.25, 0.3) is 5.91 Å². The molecule has 0 aromatic carbocycles. The summed E-state index contributed by atoms with van der Waals surface area (Å²) in [5, 5.41) is 6.76. The summed E-state index contributed by atoms with van der Waals surface area (Å²) in [4.78, 5) is 16.8. The van der Waals surface area contributed by atoms with Gasteiger partial charge in [-0.1, -0.05) is 12.2 Å². The van der Waals surface area contributed by atoms with Crippen LogP contribution < -0.4 is 11.1 Å². The SMILES string of the molecule is Cc1ncsc1C(=O)Nc1c(C(N)=S)cnn1C. The maximum absolute atomic E-state index is 12.1. The number of aromatic nitrogens is 3. The van der Waals surface area contributed by atoms with E-state index in [4.69, 9.17) is 18.0 Å². The van der Waals surface area contributed by atoms with Crippen molar-refractivity contribution in [3.8, 4) is 0 Å². The van der Waals surface area contributed by atoms with Gasteiger partial charge in [-0.15, -0.1) is 11.3 Å². The number of carbonyl (C=O) groups is 1. The molecule has 1 amide bonds. The van der Waals surface area contributed by atoms with E-state index in [0.717, 1.165) is 0 Å². The quantitative estimate of drug-likeness (QED) is 0.822. The monoisotopic (exact) mass is 281 g/mol. The van der Waals surface area contributed by atoms with E-state index in [0.29, 0.717) is 22.0 Å². The van der Waals surface area contributed by atoms with E-state index in [1.165, 1.54) is 22.2 Å². The van der Waals surface area contributed by atoms with Crippen LogP contribution in [0.15, 0.2) is 11.7 Å². The minimum Gasteiger partial charge on any atom is -0.389 e. The molecule has 3 N–H and O–H groups in total. The predicted octanol–water partition coefficient (Wildman–Crippen LogP) is 1.07. The molecule has 2 aromatic rings. The van der Waals surface area contributed by atoms with E-state index < -0.39 is 0 Å². The summed E-state index contributed by atoms with van der Waals surface area (Å²) in [6.07, 6.45) is 1.53. The minimum atomic E-state index is -0.240. The van der Waals surface area contributed by atoms with E-state index in [-0.39, 0.29) is 10.9 Å². The fraction of sp³-hybridized carbons (Fsp3) is 0.200. The second kappa shape index (κ2) is 4.83. The summed E-state index contributed by atoms with van der Waals surface area (Å²) in [6.45, 7) is 1.78. The molecule has 0 radical (unpaired) electrons. The number of hydrogen-bond acceptors (Lipinski definition) is 5. The summed E-state index contributed by atoms with van der Waals surface area (Å²) in [5.74, 6) is 0.247. The molecule has 2 heterocycles. The maximum Gasteiger partial charge on any atom is 0.268 e. The maximum atomic E-state index is 12.1. The highest BCUT2D eigenvalue weighted by molar-refractivity contribution is 7.80. The highest BCUT2D eigenvalue weighted by Crippen LogP contribution is 2.18. The van der Waals surface area contributed by atoms with Crippen LogP contribution in [0.25, 0.3) is 0 Å². The van der Waals surface area contributed by atoms with Crippen LogP contribution in [0.4, 0.5) is 5.82 Å². The van der Waals surface area contributed by atoms with Gasteiger partial charge in [0.1, 0.15) is 15.7 Å². The summed E-state index contributed by atoms with van der Waals surface area (Å²) in [7, 11) is 1.71. The third-order valence-corrected chi connectivity index (χ3v) is 3.54. The van der Waals surface area contributed by atoms with Gasteiger partial charge in [-0.25, -0.2) is 4.98 Å². The highest BCUT2D eigenvalue weighted by atomic mass is 32.1. The molecule has 0 atom stereocenters. The zero-order valence-electron chi connectivity index (χ0n) is 9.80. The first kappa shape index (κ1) is 12.7. The Hall–Kier alpha value is -1.80. The fourth-order valence-corrected chi connectivity index (χ4v) is 2.30. The lowest BCUT2D eigenvalue weighted by Crippen LogP contribution is -2.18. The molecule has 0 aliphatic carbocycles. The van der Waals surface area contributed by atoms with Gasteiger partial charge in [-0.05, 0) is 6.92 Å².